The highest BCUT2D eigenvalue weighted by Gasteiger charge is 2.15. The molecule has 0 atom stereocenters. The lowest BCUT2D eigenvalue weighted by Crippen LogP contribution is -2.20. The minimum absolute atomic E-state index is 0.0335. The van der Waals surface area contributed by atoms with E-state index in [9.17, 15) is 14.4 Å². The van der Waals surface area contributed by atoms with Crippen LogP contribution in [0.15, 0.2) is 24.3 Å². The predicted octanol–water partition coefficient (Wildman–Crippen LogP) is 15.2. The van der Waals surface area contributed by atoms with Crippen molar-refractivity contribution in [2.24, 2.45) is 11.8 Å². The highest BCUT2D eigenvalue weighted by atomic mass is 16.5. The van der Waals surface area contributed by atoms with Crippen molar-refractivity contribution >= 4 is 17.9 Å². The molecule has 0 aliphatic heterocycles. The third-order valence-electron chi connectivity index (χ3n) is 11.9. The SMILES string of the molecule is CCCCCC(CC=CCOC(=O)CCCCCCCC(CCCCCCCC(=O)OCC=CCC(CCCCC)CCCCC)OC(=O)CCCN(C)C)CCCCC. The Morgan fingerprint density at radius 2 is 0.767 bits per heavy atom. The molecule has 0 fully saturated rings. The van der Waals surface area contributed by atoms with Gasteiger partial charge in [-0.05, 0) is 90.3 Å². The van der Waals surface area contributed by atoms with E-state index in [-0.39, 0.29) is 24.0 Å². The Morgan fingerprint density at radius 3 is 1.15 bits per heavy atom. The van der Waals surface area contributed by atoms with Gasteiger partial charge in [0.05, 0.1) is 0 Å². The van der Waals surface area contributed by atoms with Gasteiger partial charge in [-0.15, -0.1) is 0 Å². The van der Waals surface area contributed by atoms with Crippen LogP contribution in [0, 0.1) is 11.8 Å². The number of hydrogen-bond donors (Lipinski definition) is 0. The van der Waals surface area contributed by atoms with Crippen molar-refractivity contribution in [2.75, 3.05) is 33.9 Å². The number of rotatable bonds is 45. The van der Waals surface area contributed by atoms with E-state index in [1.807, 2.05) is 26.2 Å². The third-order valence-corrected chi connectivity index (χ3v) is 11.9. The zero-order chi connectivity index (χ0) is 44.2. The summed E-state index contributed by atoms with van der Waals surface area (Å²) in [4.78, 5) is 39.3. The Hall–Kier alpha value is -2.15. The number of carbonyl (C=O) groups excluding carboxylic acids is 3. The van der Waals surface area contributed by atoms with E-state index in [4.69, 9.17) is 14.2 Å². The number of hydrogen-bond acceptors (Lipinski definition) is 7. The zero-order valence-electron chi connectivity index (χ0n) is 40.6. The Labute approximate surface area is 372 Å². The summed E-state index contributed by atoms with van der Waals surface area (Å²) >= 11 is 0. The second kappa shape index (κ2) is 44.9. The number of carbonyl (C=O) groups is 3. The monoisotopic (exact) mass is 846 g/mol. The lowest BCUT2D eigenvalue weighted by molar-refractivity contribution is -0.150. The molecule has 0 aliphatic carbocycles. The van der Waals surface area contributed by atoms with Crippen LogP contribution in [0.25, 0.3) is 0 Å². The van der Waals surface area contributed by atoms with Crippen molar-refractivity contribution in [2.45, 2.75) is 252 Å². The largest absolute Gasteiger partial charge is 0.462 e. The van der Waals surface area contributed by atoms with Gasteiger partial charge in [-0.3, -0.25) is 14.4 Å². The lowest BCUT2D eigenvalue weighted by Gasteiger charge is -2.18. The molecular formula is C53H99NO6. The fraction of sp³-hybridized carbons (Fsp3) is 0.868. The number of unbranched alkanes of at least 4 members (excludes halogenated alkanes) is 16. The van der Waals surface area contributed by atoms with Crippen LogP contribution in [0.1, 0.15) is 246 Å². The van der Waals surface area contributed by atoms with Crippen molar-refractivity contribution in [1.29, 1.82) is 0 Å². The van der Waals surface area contributed by atoms with E-state index < -0.39 is 0 Å². The zero-order valence-corrected chi connectivity index (χ0v) is 40.6. The fourth-order valence-corrected chi connectivity index (χ4v) is 8.02. The highest BCUT2D eigenvalue weighted by molar-refractivity contribution is 5.70. The van der Waals surface area contributed by atoms with Gasteiger partial charge in [-0.2, -0.15) is 0 Å². The fourth-order valence-electron chi connectivity index (χ4n) is 8.02. The minimum Gasteiger partial charge on any atom is -0.462 e. The summed E-state index contributed by atoms with van der Waals surface area (Å²) in [7, 11) is 4.05. The van der Waals surface area contributed by atoms with E-state index in [2.05, 4.69) is 44.7 Å². The molecule has 7 heteroatoms. The average molecular weight is 846 g/mol. The standard InChI is InChI=1S/C53H99NO6/c1-7-11-21-34-48(35-22-12-8-2)38-29-31-46-58-51(55)42-27-19-15-17-25-40-50(60-53(57)44-33-45-54(5)6)41-26-18-16-20-28-43-52(56)59-47-32-30-39-49(36-23-13-9-3)37-24-14-10-4/h29-32,48-50H,7-28,33-47H2,1-6H3. The molecule has 0 aromatic rings. The first-order valence-corrected chi connectivity index (χ1v) is 25.7. The summed E-state index contributed by atoms with van der Waals surface area (Å²) in [5.41, 5.74) is 0. The molecule has 0 bridgehead atoms. The topological polar surface area (TPSA) is 82.1 Å². The minimum atomic E-state index is -0.0965. The van der Waals surface area contributed by atoms with Gasteiger partial charge >= 0.3 is 17.9 Å². The van der Waals surface area contributed by atoms with Crippen molar-refractivity contribution in [3.63, 3.8) is 0 Å². The van der Waals surface area contributed by atoms with Crippen molar-refractivity contribution in [1.82, 2.24) is 4.90 Å². The van der Waals surface area contributed by atoms with Gasteiger partial charge in [0.1, 0.15) is 19.3 Å². The van der Waals surface area contributed by atoms with E-state index >= 15 is 0 Å². The highest BCUT2D eigenvalue weighted by Crippen LogP contribution is 2.23. The van der Waals surface area contributed by atoms with Crippen LogP contribution in [0.2, 0.25) is 0 Å². The molecule has 7 nitrogen and oxygen atoms in total. The average Bonchev–Trinajstić information content (AvgIpc) is 3.22. The molecule has 352 valence electrons. The molecule has 0 unspecified atom stereocenters. The Morgan fingerprint density at radius 1 is 0.417 bits per heavy atom. The molecule has 0 saturated carbocycles. The Kier molecular flexibility index (Phi) is 43.3. The first kappa shape index (κ1) is 57.9. The molecule has 0 aromatic carbocycles. The summed E-state index contributed by atoms with van der Waals surface area (Å²) in [6, 6.07) is 0. The summed E-state index contributed by atoms with van der Waals surface area (Å²) in [5.74, 6) is 1.24. The first-order chi connectivity index (χ1) is 29.2. The maximum absolute atomic E-state index is 12.7. The second-order valence-corrected chi connectivity index (χ2v) is 18.1. The third kappa shape index (κ3) is 41.2. The molecule has 0 aliphatic rings. The number of nitrogens with zero attached hydrogens (tertiary/aromatic N) is 1. The number of esters is 3. The quantitative estimate of drug-likeness (QED) is 0.0261. The predicted molar refractivity (Wildman–Crippen MR) is 255 cm³/mol. The number of ether oxygens (including phenoxy) is 3. The molecule has 0 N–H and O–H groups in total. The van der Waals surface area contributed by atoms with Gasteiger partial charge in [-0.25, -0.2) is 0 Å². The number of allylic oxidation sites excluding steroid dienone is 2. The first-order valence-electron chi connectivity index (χ1n) is 25.7. The second-order valence-electron chi connectivity index (χ2n) is 18.1. The Bertz CT molecular complexity index is 939. The van der Waals surface area contributed by atoms with E-state index in [0.717, 1.165) is 115 Å². The summed E-state index contributed by atoms with van der Waals surface area (Å²) < 4.78 is 17.0. The van der Waals surface area contributed by atoms with Crippen LogP contribution >= 0.6 is 0 Å². The lowest BCUT2D eigenvalue weighted by atomic mass is 9.92. The van der Waals surface area contributed by atoms with Crippen LogP contribution in [0.4, 0.5) is 0 Å². The maximum Gasteiger partial charge on any atom is 0.306 e. The van der Waals surface area contributed by atoms with Crippen LogP contribution in [-0.2, 0) is 28.6 Å². The van der Waals surface area contributed by atoms with E-state index in [1.54, 1.807) is 0 Å². The van der Waals surface area contributed by atoms with Gasteiger partial charge in [0.2, 0.25) is 0 Å². The van der Waals surface area contributed by atoms with Gasteiger partial charge in [-0.1, -0.05) is 193 Å². The van der Waals surface area contributed by atoms with Gasteiger partial charge in [0, 0.05) is 19.3 Å². The van der Waals surface area contributed by atoms with Gasteiger partial charge < -0.3 is 19.1 Å². The molecule has 0 aromatic heterocycles. The van der Waals surface area contributed by atoms with Crippen molar-refractivity contribution < 1.29 is 28.6 Å². The normalized spacial score (nSPS) is 12.4. The molecule has 0 radical (unpaired) electrons. The van der Waals surface area contributed by atoms with Gasteiger partial charge in [0.25, 0.3) is 0 Å². The van der Waals surface area contributed by atoms with Crippen LogP contribution < -0.4 is 0 Å². The summed E-state index contributed by atoms with van der Waals surface area (Å²) in [6.45, 7) is 10.7. The smallest absolute Gasteiger partial charge is 0.306 e. The summed E-state index contributed by atoms with van der Waals surface area (Å²) in [5, 5.41) is 0. The van der Waals surface area contributed by atoms with Crippen LogP contribution in [0.5, 0.6) is 0 Å². The van der Waals surface area contributed by atoms with E-state index in [0.29, 0.717) is 32.5 Å². The molecule has 0 rings (SSSR count). The molecule has 0 spiro atoms. The van der Waals surface area contributed by atoms with E-state index in [1.165, 1.54) is 103 Å². The van der Waals surface area contributed by atoms with Crippen LogP contribution in [0.3, 0.4) is 0 Å². The van der Waals surface area contributed by atoms with Crippen molar-refractivity contribution in [3.8, 4) is 0 Å². The molecule has 0 saturated heterocycles. The molecular weight excluding hydrogens is 747 g/mol. The molecule has 60 heavy (non-hydrogen) atoms. The summed E-state index contributed by atoms with van der Waals surface area (Å²) in [6.07, 6.45) is 45.7. The van der Waals surface area contributed by atoms with Crippen molar-refractivity contribution in [3.05, 3.63) is 24.3 Å². The molecule has 0 heterocycles. The van der Waals surface area contributed by atoms with Crippen LogP contribution in [-0.4, -0.2) is 62.8 Å². The maximum atomic E-state index is 12.7. The van der Waals surface area contributed by atoms with Gasteiger partial charge in [0.15, 0.2) is 0 Å². The Balaban J connectivity index is 4.34. The molecule has 0 amide bonds.